The molecule has 1 aromatic carbocycles. The maximum absolute atomic E-state index is 13.5. The molecule has 7 nitrogen and oxygen atoms in total. The molecular formula is C23H26BrF3N6O. The number of hydrogen-bond acceptors (Lipinski definition) is 4. The van der Waals surface area contributed by atoms with Crippen LogP contribution in [0.1, 0.15) is 46.4 Å². The van der Waals surface area contributed by atoms with Crippen LogP contribution >= 0.6 is 15.9 Å². The molecule has 2 atom stereocenters. The topological polar surface area (TPSA) is 76.8 Å². The van der Waals surface area contributed by atoms with Gasteiger partial charge in [-0.2, -0.15) is 18.3 Å². The van der Waals surface area contributed by atoms with Crippen LogP contribution in [-0.4, -0.2) is 44.4 Å². The molecule has 3 heterocycles. The molecule has 34 heavy (non-hydrogen) atoms. The van der Waals surface area contributed by atoms with Gasteiger partial charge in [-0.25, -0.2) is 9.67 Å². The molecule has 11 heteroatoms. The second-order valence-corrected chi connectivity index (χ2v) is 9.17. The van der Waals surface area contributed by atoms with Gasteiger partial charge in [-0.05, 0) is 52.5 Å². The second-order valence-electron chi connectivity index (χ2n) is 8.42. The minimum absolute atomic E-state index is 0.237. The number of aryl methyl sites for hydroxylation is 1. The minimum Gasteiger partial charge on any atom is -0.346 e. The van der Waals surface area contributed by atoms with E-state index >= 15 is 0 Å². The zero-order valence-corrected chi connectivity index (χ0v) is 20.7. The molecule has 1 aliphatic rings. The van der Waals surface area contributed by atoms with Crippen molar-refractivity contribution in [2.75, 3.05) is 13.1 Å². The van der Waals surface area contributed by atoms with Gasteiger partial charge in [0.2, 0.25) is 0 Å². The Morgan fingerprint density at radius 2 is 2.09 bits per heavy atom. The van der Waals surface area contributed by atoms with Crippen LogP contribution in [0.15, 0.2) is 35.2 Å². The Kier molecular flexibility index (Phi) is 6.86. The zero-order valence-electron chi connectivity index (χ0n) is 19.1. The van der Waals surface area contributed by atoms with E-state index in [9.17, 15) is 18.0 Å². The monoisotopic (exact) mass is 538 g/mol. The Bertz CT molecular complexity index is 1200. The van der Waals surface area contributed by atoms with Crippen LogP contribution in [0, 0.1) is 0 Å². The van der Waals surface area contributed by atoms with Crippen LogP contribution < -0.4 is 10.6 Å². The summed E-state index contributed by atoms with van der Waals surface area (Å²) in [7, 11) is 3.58. The highest BCUT2D eigenvalue weighted by Gasteiger charge is 2.34. The Balaban J connectivity index is 1.66. The van der Waals surface area contributed by atoms with Gasteiger partial charge in [-0.3, -0.25) is 4.79 Å². The highest BCUT2D eigenvalue weighted by atomic mass is 79.9. The summed E-state index contributed by atoms with van der Waals surface area (Å²) in [6, 6.07) is 5.03. The van der Waals surface area contributed by atoms with E-state index in [0.717, 1.165) is 17.2 Å². The minimum atomic E-state index is -4.41. The van der Waals surface area contributed by atoms with Crippen molar-refractivity contribution in [3.8, 4) is 11.4 Å². The van der Waals surface area contributed by atoms with Crippen molar-refractivity contribution in [2.24, 2.45) is 14.1 Å². The smallest absolute Gasteiger partial charge is 0.346 e. The molecular weight excluding hydrogens is 513 g/mol. The van der Waals surface area contributed by atoms with Gasteiger partial charge in [0.25, 0.3) is 5.91 Å². The number of rotatable bonds is 5. The maximum Gasteiger partial charge on any atom is 0.416 e. The number of nitrogens with zero attached hydrogens (tertiary/aromatic N) is 4. The largest absolute Gasteiger partial charge is 0.416 e. The van der Waals surface area contributed by atoms with E-state index in [1.165, 1.54) is 18.5 Å². The van der Waals surface area contributed by atoms with Gasteiger partial charge in [0.15, 0.2) is 5.82 Å². The van der Waals surface area contributed by atoms with Gasteiger partial charge in [-0.1, -0.05) is 25.1 Å². The van der Waals surface area contributed by atoms with Gasteiger partial charge >= 0.3 is 6.18 Å². The molecule has 2 aromatic heterocycles. The van der Waals surface area contributed by atoms with Crippen molar-refractivity contribution in [3.05, 3.63) is 57.6 Å². The summed E-state index contributed by atoms with van der Waals surface area (Å²) >= 11 is 3.60. The first-order valence-electron chi connectivity index (χ1n) is 11.0. The van der Waals surface area contributed by atoms with Crippen molar-refractivity contribution >= 4 is 21.8 Å². The first kappa shape index (κ1) is 24.5. The summed E-state index contributed by atoms with van der Waals surface area (Å²) in [5, 5.41) is 10.5. The summed E-state index contributed by atoms with van der Waals surface area (Å²) in [6.45, 7) is 3.10. The van der Waals surface area contributed by atoms with Gasteiger partial charge in [-0.15, -0.1) is 0 Å². The average molecular weight is 539 g/mol. The van der Waals surface area contributed by atoms with Crippen LogP contribution in [0.4, 0.5) is 13.2 Å². The molecule has 1 amide bonds. The van der Waals surface area contributed by atoms with E-state index in [4.69, 9.17) is 0 Å². The lowest BCUT2D eigenvalue weighted by Gasteiger charge is -2.33. The maximum atomic E-state index is 13.5. The standard InChI is InChI=1S/C23H26BrF3N6O/c1-4-15-18(21-29-12-30-33(21)3)20(24)32(2)19(15)22(34)31-17-11-28-9-8-16(17)13-6-5-7-14(10-13)23(25,26)27/h5-7,10,12,16-17,28H,4,8-9,11H2,1-3H3,(H,31,34)/t16-,17+/m1/s1. The molecule has 0 unspecified atom stereocenters. The van der Waals surface area contributed by atoms with Crippen molar-refractivity contribution in [1.29, 1.82) is 0 Å². The molecule has 0 aliphatic carbocycles. The number of carbonyl (C=O) groups excluding carboxylic acids is 1. The van der Waals surface area contributed by atoms with Crippen LogP contribution in [0.3, 0.4) is 0 Å². The molecule has 0 saturated carbocycles. The van der Waals surface area contributed by atoms with E-state index in [1.54, 1.807) is 29.4 Å². The molecule has 0 spiro atoms. The van der Waals surface area contributed by atoms with Gasteiger partial charge < -0.3 is 15.2 Å². The third kappa shape index (κ3) is 4.50. The number of carbonyl (C=O) groups is 1. The van der Waals surface area contributed by atoms with Crippen LogP contribution in [0.25, 0.3) is 11.4 Å². The molecule has 1 saturated heterocycles. The van der Waals surface area contributed by atoms with Crippen molar-refractivity contribution < 1.29 is 18.0 Å². The number of hydrogen-bond donors (Lipinski definition) is 2. The van der Waals surface area contributed by atoms with E-state index in [0.29, 0.717) is 47.6 Å². The number of piperidine rings is 1. The average Bonchev–Trinajstić information content (AvgIpc) is 3.33. The molecule has 0 radical (unpaired) electrons. The van der Waals surface area contributed by atoms with Crippen molar-refractivity contribution in [3.63, 3.8) is 0 Å². The Morgan fingerprint density at radius 3 is 2.74 bits per heavy atom. The fraction of sp³-hybridized carbons (Fsp3) is 0.435. The van der Waals surface area contributed by atoms with Crippen LogP contribution in [0.5, 0.6) is 0 Å². The zero-order chi connectivity index (χ0) is 24.6. The Labute approximate surface area is 203 Å². The van der Waals surface area contributed by atoms with Crippen molar-refractivity contribution in [2.45, 2.75) is 37.9 Å². The second kappa shape index (κ2) is 9.53. The number of alkyl halides is 3. The molecule has 3 aromatic rings. The number of amides is 1. The van der Waals surface area contributed by atoms with E-state index in [2.05, 4.69) is 36.6 Å². The highest BCUT2D eigenvalue weighted by molar-refractivity contribution is 9.10. The van der Waals surface area contributed by atoms with Gasteiger partial charge in [0, 0.05) is 32.6 Å². The predicted molar refractivity (Wildman–Crippen MR) is 125 cm³/mol. The Hall–Kier alpha value is -2.66. The molecule has 2 N–H and O–H groups in total. The van der Waals surface area contributed by atoms with Crippen LogP contribution in [-0.2, 0) is 26.7 Å². The quantitative estimate of drug-likeness (QED) is 0.514. The lowest BCUT2D eigenvalue weighted by atomic mass is 9.85. The lowest BCUT2D eigenvalue weighted by molar-refractivity contribution is -0.137. The molecule has 1 fully saturated rings. The number of benzene rings is 1. The first-order valence-corrected chi connectivity index (χ1v) is 11.8. The fourth-order valence-electron chi connectivity index (χ4n) is 4.69. The normalized spacial score (nSPS) is 18.8. The van der Waals surface area contributed by atoms with Crippen LogP contribution in [0.2, 0.25) is 0 Å². The number of halogens is 4. The molecule has 1 aliphatic heterocycles. The summed E-state index contributed by atoms with van der Waals surface area (Å²) in [4.78, 5) is 17.9. The third-order valence-electron chi connectivity index (χ3n) is 6.37. The van der Waals surface area contributed by atoms with E-state index in [-0.39, 0.29) is 17.9 Å². The summed E-state index contributed by atoms with van der Waals surface area (Å²) in [5.74, 6) is 0.123. The molecule has 0 bridgehead atoms. The van der Waals surface area contributed by atoms with Gasteiger partial charge in [0.1, 0.15) is 12.0 Å². The molecule has 182 valence electrons. The first-order chi connectivity index (χ1) is 16.1. The number of aromatic nitrogens is 4. The Morgan fingerprint density at radius 1 is 1.32 bits per heavy atom. The predicted octanol–water partition coefficient (Wildman–Crippen LogP) is 4.04. The lowest BCUT2D eigenvalue weighted by Crippen LogP contribution is -2.50. The number of nitrogens with one attached hydrogen (secondary N) is 2. The van der Waals surface area contributed by atoms with Gasteiger partial charge in [0.05, 0.1) is 15.7 Å². The van der Waals surface area contributed by atoms with E-state index in [1.807, 2.05) is 6.92 Å². The fourth-order valence-corrected chi connectivity index (χ4v) is 5.28. The summed E-state index contributed by atoms with van der Waals surface area (Å²) in [6.07, 6.45) is -1.75. The van der Waals surface area contributed by atoms with E-state index < -0.39 is 11.7 Å². The van der Waals surface area contributed by atoms with Crippen molar-refractivity contribution in [1.82, 2.24) is 30.0 Å². The highest BCUT2D eigenvalue weighted by Crippen LogP contribution is 2.36. The summed E-state index contributed by atoms with van der Waals surface area (Å²) in [5.41, 5.74) is 2.00. The summed E-state index contributed by atoms with van der Waals surface area (Å²) < 4.78 is 44.0. The third-order valence-corrected chi connectivity index (χ3v) is 7.30. The SMILES string of the molecule is CCc1c(-c2ncnn2C)c(Br)n(C)c1C(=O)N[C@H]1CNCC[C@@H]1c1cccc(C(F)(F)F)c1. The molecule has 4 rings (SSSR count).